The molecule has 1 unspecified atom stereocenters. The number of amides is 2. The SMILES string of the molecule is CO[C@@H](C)c1ncc(N2CCN(C)CC2)cc1-c1c2c3cc(c(F)cc3n1CC(F)(F)F)C1=CSC(C)(C[C@H](NC(=O)[C@H]3C[C@@H]3C)C(=O)N3CCC[C@H](N3)C(=O)OCC(C)(C)C2)N1. The number of rotatable bonds is 7. The van der Waals surface area contributed by atoms with Gasteiger partial charge in [-0.3, -0.25) is 24.4 Å². The van der Waals surface area contributed by atoms with Crippen LogP contribution in [0.2, 0.25) is 0 Å². The lowest BCUT2D eigenvalue weighted by Gasteiger charge is -2.37. The fraction of sp³-hybridized carbons (Fsp3) is 0.600. The molecule has 1 saturated carbocycles. The summed E-state index contributed by atoms with van der Waals surface area (Å²) in [6, 6.07) is 2.79. The lowest BCUT2D eigenvalue weighted by atomic mass is 9.84. The Balaban J connectivity index is 1.30. The molecule has 6 atom stereocenters. The van der Waals surface area contributed by atoms with Crippen molar-refractivity contribution in [2.24, 2.45) is 17.3 Å². The monoisotopic (exact) mass is 898 g/mol. The second-order valence-electron chi connectivity index (χ2n) is 19.0. The number of fused-ring (bicyclic) bond motifs is 6. The van der Waals surface area contributed by atoms with Gasteiger partial charge in [0.2, 0.25) is 5.91 Å². The van der Waals surface area contributed by atoms with Crippen molar-refractivity contribution in [2.75, 3.05) is 58.4 Å². The second kappa shape index (κ2) is 17.2. The number of likely N-dealkylation sites (N-methyl/N-ethyl adjacent to an activating group) is 1. The van der Waals surface area contributed by atoms with Crippen molar-refractivity contribution >= 4 is 51.8 Å². The van der Waals surface area contributed by atoms with Crippen LogP contribution in [-0.4, -0.2) is 114 Å². The van der Waals surface area contributed by atoms with Crippen LogP contribution in [0.4, 0.5) is 23.2 Å². The van der Waals surface area contributed by atoms with Gasteiger partial charge in [-0.2, -0.15) is 13.2 Å². The van der Waals surface area contributed by atoms with E-state index in [2.05, 4.69) is 25.9 Å². The number of esters is 1. The Morgan fingerprint density at radius 3 is 2.52 bits per heavy atom. The number of pyridine rings is 1. The lowest BCUT2D eigenvalue weighted by molar-refractivity contribution is -0.155. The number of cyclic esters (lactones) is 1. The lowest BCUT2D eigenvalue weighted by Crippen LogP contribution is -2.61. The Hall–Kier alpha value is -4.39. The molecular formula is C45H58F4N8O5S. The highest BCUT2D eigenvalue weighted by molar-refractivity contribution is 8.03. The molecule has 0 radical (unpaired) electrons. The molecule has 1 aromatic carbocycles. The first-order valence-corrected chi connectivity index (χ1v) is 22.7. The minimum atomic E-state index is -4.70. The predicted molar refractivity (Wildman–Crippen MR) is 234 cm³/mol. The predicted octanol–water partition coefficient (Wildman–Crippen LogP) is 6.37. The number of hydrazine groups is 1. The van der Waals surface area contributed by atoms with Crippen LogP contribution >= 0.6 is 11.8 Å². The summed E-state index contributed by atoms with van der Waals surface area (Å²) in [5, 5.41) is 9.95. The number of thioether (sulfide) groups is 1. The van der Waals surface area contributed by atoms with Crippen LogP contribution in [0.1, 0.15) is 83.2 Å². The molecule has 5 aliphatic rings. The number of carbonyl (C=O) groups is 3. The Labute approximate surface area is 369 Å². The molecule has 18 heteroatoms. The van der Waals surface area contributed by atoms with Gasteiger partial charge >= 0.3 is 12.1 Å². The maximum absolute atomic E-state index is 16.8. The van der Waals surface area contributed by atoms with Crippen LogP contribution in [0, 0.1) is 23.1 Å². The summed E-state index contributed by atoms with van der Waals surface area (Å²) in [6.07, 6.45) is -1.73. The van der Waals surface area contributed by atoms with Gasteiger partial charge < -0.3 is 34.5 Å². The van der Waals surface area contributed by atoms with Gasteiger partial charge in [0.15, 0.2) is 0 Å². The maximum atomic E-state index is 16.8. The minimum absolute atomic E-state index is 0.0463. The average Bonchev–Trinajstić information content (AvgIpc) is 3.77. The molecule has 2 aromatic heterocycles. The Morgan fingerprint density at radius 2 is 1.84 bits per heavy atom. The number of halogens is 4. The van der Waals surface area contributed by atoms with E-state index in [4.69, 9.17) is 14.5 Å². The number of benzene rings is 1. The van der Waals surface area contributed by atoms with Crippen molar-refractivity contribution in [3.8, 4) is 11.3 Å². The van der Waals surface area contributed by atoms with Crippen LogP contribution in [0.15, 0.2) is 29.8 Å². The first kappa shape index (κ1) is 45.2. The average molecular weight is 899 g/mol. The highest BCUT2D eigenvalue weighted by Gasteiger charge is 2.45. The number of hydrogen-bond acceptors (Lipinski definition) is 11. The van der Waals surface area contributed by atoms with Gasteiger partial charge in [-0.05, 0) is 81.7 Å². The summed E-state index contributed by atoms with van der Waals surface area (Å²) in [6.45, 7) is 11.1. The van der Waals surface area contributed by atoms with Crippen molar-refractivity contribution in [1.82, 2.24) is 35.5 Å². The molecule has 1 aliphatic carbocycles. The molecule has 6 heterocycles. The van der Waals surface area contributed by atoms with Crippen molar-refractivity contribution in [2.45, 2.75) is 103 Å². The molecule has 8 rings (SSSR count). The van der Waals surface area contributed by atoms with Gasteiger partial charge in [-0.15, -0.1) is 11.8 Å². The zero-order chi connectivity index (χ0) is 45.2. The topological polar surface area (TPSA) is 133 Å². The third-order valence-corrected chi connectivity index (χ3v) is 14.3. The first-order chi connectivity index (χ1) is 29.7. The summed E-state index contributed by atoms with van der Waals surface area (Å²) in [7, 11) is 3.56. The zero-order valence-electron chi connectivity index (χ0n) is 37.0. The number of nitrogens with one attached hydrogen (secondary N) is 3. The molecule has 3 aromatic rings. The Morgan fingerprint density at radius 1 is 1.11 bits per heavy atom. The van der Waals surface area contributed by atoms with Gasteiger partial charge in [-0.25, -0.2) is 9.82 Å². The molecular weight excluding hydrogens is 841 g/mol. The standard InChI is InChI=1S/C45H58F4N8O5S/c1-25-15-28(25)40(58)51-35-20-44(5)52-36(22-63-44)30-17-29-32(19-43(3,4)24-62-42(60)34-9-8-10-57(53-34)41(35)59)39(56(23-45(47,48)49)37(29)18-33(30)46)31-16-27(21-50-38(31)26(2)61-7)55-13-11-54(6)12-14-55/h16-18,21-22,25-26,28,34-35,52-53H,8-15,19-20,23-24H2,1-7H3,(H,51,58)/t25-,26-,28-,34-,35-,44?/m0/s1. The number of ether oxygens (including phenoxy) is 2. The van der Waals surface area contributed by atoms with Crippen LogP contribution in [-0.2, 0) is 36.8 Å². The molecule has 2 saturated heterocycles. The van der Waals surface area contributed by atoms with Gasteiger partial charge in [0.25, 0.3) is 5.91 Å². The molecule has 13 nitrogen and oxygen atoms in total. The number of piperazine rings is 1. The fourth-order valence-corrected chi connectivity index (χ4v) is 10.3. The first-order valence-electron chi connectivity index (χ1n) is 21.8. The van der Waals surface area contributed by atoms with Crippen LogP contribution < -0.4 is 21.0 Å². The van der Waals surface area contributed by atoms with Crippen molar-refractivity contribution in [3.63, 3.8) is 0 Å². The Kier molecular flexibility index (Phi) is 12.3. The van der Waals surface area contributed by atoms with E-state index in [1.165, 1.54) is 23.9 Å². The second-order valence-corrected chi connectivity index (χ2v) is 20.4. The summed E-state index contributed by atoms with van der Waals surface area (Å²) < 4.78 is 74.5. The number of carbonyl (C=O) groups excluding carboxylic acids is 3. The van der Waals surface area contributed by atoms with E-state index in [9.17, 15) is 27.6 Å². The normalized spacial score (nSPS) is 27.4. The van der Waals surface area contributed by atoms with Gasteiger partial charge in [0, 0.05) is 74.1 Å². The van der Waals surface area contributed by atoms with Gasteiger partial charge in [0.05, 0.1) is 52.1 Å². The van der Waals surface area contributed by atoms with Crippen LogP contribution in [0.25, 0.3) is 27.9 Å². The highest BCUT2D eigenvalue weighted by atomic mass is 32.2. The van der Waals surface area contributed by atoms with E-state index < -0.39 is 58.9 Å². The summed E-state index contributed by atoms with van der Waals surface area (Å²) in [5.41, 5.74) is 5.12. The number of nitrogens with zero attached hydrogens (tertiary/aromatic N) is 5. The summed E-state index contributed by atoms with van der Waals surface area (Å²) in [5.74, 6) is -1.97. The van der Waals surface area contributed by atoms with Gasteiger partial charge in [-0.1, -0.05) is 20.8 Å². The van der Waals surface area contributed by atoms with Crippen molar-refractivity contribution < 1.29 is 41.4 Å². The van der Waals surface area contributed by atoms with Crippen molar-refractivity contribution in [1.29, 1.82) is 0 Å². The molecule has 3 N–H and O–H groups in total. The molecule has 3 fully saturated rings. The maximum Gasteiger partial charge on any atom is 0.406 e. The number of anilines is 1. The number of alkyl halides is 3. The van der Waals surface area contributed by atoms with E-state index >= 15 is 4.39 Å². The molecule has 63 heavy (non-hydrogen) atoms. The van der Waals surface area contributed by atoms with E-state index in [0.29, 0.717) is 60.4 Å². The minimum Gasteiger partial charge on any atom is -0.464 e. The quantitative estimate of drug-likeness (QED) is 0.181. The molecule has 342 valence electrons. The molecule has 4 aliphatic heterocycles. The van der Waals surface area contributed by atoms with E-state index in [1.807, 2.05) is 40.8 Å². The third kappa shape index (κ3) is 9.55. The Bertz CT molecular complexity index is 2310. The van der Waals surface area contributed by atoms with Crippen LogP contribution in [0.3, 0.4) is 0 Å². The highest BCUT2D eigenvalue weighted by Crippen LogP contribution is 2.46. The summed E-state index contributed by atoms with van der Waals surface area (Å²) >= 11 is 1.33. The fourth-order valence-electron chi connectivity index (χ4n) is 9.32. The summed E-state index contributed by atoms with van der Waals surface area (Å²) in [4.78, 5) is 49.8. The van der Waals surface area contributed by atoms with Crippen LogP contribution in [0.5, 0.6) is 0 Å². The molecule has 6 bridgehead atoms. The number of hydrogen-bond donors (Lipinski definition) is 3. The van der Waals surface area contributed by atoms with E-state index in [0.717, 1.165) is 35.8 Å². The molecule has 0 spiro atoms. The zero-order valence-corrected chi connectivity index (χ0v) is 37.8. The van der Waals surface area contributed by atoms with Gasteiger partial charge in [0.1, 0.15) is 24.4 Å². The third-order valence-electron chi connectivity index (χ3n) is 13.1. The van der Waals surface area contributed by atoms with Crippen molar-refractivity contribution in [3.05, 3.63) is 52.4 Å². The smallest absolute Gasteiger partial charge is 0.406 e. The number of aromatic nitrogens is 2. The molecule has 2 amide bonds. The van der Waals surface area contributed by atoms with E-state index in [1.54, 1.807) is 24.6 Å². The number of methoxy groups -OCH3 is 1. The largest absolute Gasteiger partial charge is 0.464 e. The van der Waals surface area contributed by atoms with E-state index in [-0.39, 0.29) is 54.0 Å².